The van der Waals surface area contributed by atoms with E-state index in [1.807, 2.05) is 6.92 Å². The monoisotopic (exact) mass is 260 g/mol. The topological polar surface area (TPSA) is 46.5 Å². The highest BCUT2D eigenvalue weighted by atomic mass is 19.1. The number of phenols is 1. The molecule has 0 atom stereocenters. The van der Waals surface area contributed by atoms with E-state index in [-0.39, 0.29) is 17.1 Å². The largest absolute Gasteiger partial charge is 0.507 e. The lowest BCUT2D eigenvalue weighted by atomic mass is 9.98. The fraction of sp³-hybridized carbons (Fsp3) is 0.133. The minimum atomic E-state index is -0.631. The van der Waals surface area contributed by atoms with Crippen LogP contribution in [0, 0.1) is 12.7 Å². The zero-order chi connectivity index (χ0) is 14.0. The van der Waals surface area contributed by atoms with Gasteiger partial charge in [0.15, 0.2) is 0 Å². The van der Waals surface area contributed by atoms with E-state index in [4.69, 9.17) is 0 Å². The Balaban J connectivity index is 2.57. The third kappa shape index (κ3) is 2.57. The predicted octanol–water partition coefficient (Wildman–Crippen LogP) is 3.29. The number of methoxy groups -OCH3 is 1. The molecule has 0 saturated carbocycles. The van der Waals surface area contributed by atoms with Crippen LogP contribution in [0.5, 0.6) is 5.75 Å². The van der Waals surface area contributed by atoms with Gasteiger partial charge in [0.25, 0.3) is 0 Å². The number of benzene rings is 2. The van der Waals surface area contributed by atoms with Gasteiger partial charge in [-0.3, -0.25) is 0 Å². The van der Waals surface area contributed by atoms with E-state index >= 15 is 0 Å². The minimum Gasteiger partial charge on any atom is -0.507 e. The Labute approximate surface area is 110 Å². The average molecular weight is 260 g/mol. The first-order chi connectivity index (χ1) is 9.02. The van der Waals surface area contributed by atoms with Gasteiger partial charge in [-0.15, -0.1) is 0 Å². The maximum Gasteiger partial charge on any atom is 0.341 e. The summed E-state index contributed by atoms with van der Waals surface area (Å²) >= 11 is 0. The van der Waals surface area contributed by atoms with Crippen LogP contribution in [-0.4, -0.2) is 18.2 Å². The van der Waals surface area contributed by atoms with Crippen LogP contribution in [-0.2, 0) is 4.74 Å². The molecule has 0 fully saturated rings. The Bertz CT molecular complexity index is 635. The van der Waals surface area contributed by atoms with Crippen molar-refractivity contribution >= 4 is 5.97 Å². The van der Waals surface area contributed by atoms with Crippen molar-refractivity contribution in [3.05, 3.63) is 53.3 Å². The van der Waals surface area contributed by atoms with Crippen molar-refractivity contribution in [2.45, 2.75) is 6.92 Å². The van der Waals surface area contributed by atoms with Gasteiger partial charge < -0.3 is 9.84 Å². The van der Waals surface area contributed by atoms with Crippen LogP contribution >= 0.6 is 0 Å². The SMILES string of the molecule is COC(=O)c1cc(-c2cc(F)ccc2C)ccc1O. The van der Waals surface area contributed by atoms with E-state index < -0.39 is 5.97 Å². The van der Waals surface area contributed by atoms with Gasteiger partial charge in [-0.2, -0.15) is 0 Å². The van der Waals surface area contributed by atoms with Gasteiger partial charge in [-0.25, -0.2) is 9.18 Å². The van der Waals surface area contributed by atoms with Crippen molar-refractivity contribution in [2.75, 3.05) is 7.11 Å². The first kappa shape index (κ1) is 13.1. The molecule has 0 bridgehead atoms. The van der Waals surface area contributed by atoms with Gasteiger partial charge in [0.1, 0.15) is 17.1 Å². The summed E-state index contributed by atoms with van der Waals surface area (Å²) in [4.78, 5) is 11.5. The summed E-state index contributed by atoms with van der Waals surface area (Å²) in [6.45, 7) is 1.85. The number of aryl methyl sites for hydroxylation is 1. The molecule has 0 aliphatic rings. The number of phenolic OH excluding ortho intramolecular Hbond substituents is 1. The molecule has 2 aromatic carbocycles. The summed E-state index contributed by atoms with van der Waals surface area (Å²) in [6.07, 6.45) is 0. The number of esters is 1. The van der Waals surface area contributed by atoms with E-state index in [0.717, 1.165) is 5.56 Å². The standard InChI is InChI=1S/C15H13FO3/c1-9-3-5-11(16)8-12(9)10-4-6-14(17)13(7-10)15(18)19-2/h3-8,17H,1-2H3. The van der Waals surface area contributed by atoms with Gasteiger partial charge >= 0.3 is 5.97 Å². The quantitative estimate of drug-likeness (QED) is 0.843. The molecule has 4 heteroatoms. The maximum absolute atomic E-state index is 13.3. The minimum absolute atomic E-state index is 0.0589. The molecule has 0 aromatic heterocycles. The Morgan fingerprint density at radius 2 is 1.95 bits per heavy atom. The van der Waals surface area contributed by atoms with E-state index in [1.54, 1.807) is 12.1 Å². The summed E-state index contributed by atoms with van der Waals surface area (Å²) < 4.78 is 17.9. The summed E-state index contributed by atoms with van der Waals surface area (Å²) in [5.41, 5.74) is 2.26. The molecule has 0 radical (unpaired) electrons. The van der Waals surface area contributed by atoms with Crippen molar-refractivity contribution in [1.82, 2.24) is 0 Å². The zero-order valence-electron chi connectivity index (χ0n) is 10.6. The second kappa shape index (κ2) is 5.10. The Morgan fingerprint density at radius 1 is 1.21 bits per heavy atom. The van der Waals surface area contributed by atoms with Gasteiger partial charge in [-0.05, 0) is 47.9 Å². The average Bonchev–Trinajstić information content (AvgIpc) is 2.41. The van der Waals surface area contributed by atoms with Gasteiger partial charge in [0.2, 0.25) is 0 Å². The number of rotatable bonds is 2. The molecule has 2 rings (SSSR count). The van der Waals surface area contributed by atoms with Gasteiger partial charge in [0.05, 0.1) is 7.11 Å². The number of hydrogen-bond acceptors (Lipinski definition) is 3. The van der Waals surface area contributed by atoms with Crippen LogP contribution in [0.2, 0.25) is 0 Å². The van der Waals surface area contributed by atoms with Gasteiger partial charge in [0, 0.05) is 0 Å². The molecule has 0 aliphatic carbocycles. The molecule has 2 aromatic rings. The number of carbonyl (C=O) groups is 1. The molecule has 3 nitrogen and oxygen atoms in total. The lowest BCUT2D eigenvalue weighted by Crippen LogP contribution is -2.02. The number of halogens is 1. The zero-order valence-corrected chi connectivity index (χ0v) is 10.6. The Kier molecular flexibility index (Phi) is 3.51. The normalized spacial score (nSPS) is 10.3. The van der Waals surface area contributed by atoms with Gasteiger partial charge in [-0.1, -0.05) is 12.1 Å². The number of aromatic hydroxyl groups is 1. The summed E-state index contributed by atoms with van der Waals surface area (Å²) in [7, 11) is 1.24. The van der Waals surface area contributed by atoms with Crippen LogP contribution in [0.4, 0.5) is 4.39 Å². The van der Waals surface area contributed by atoms with Crippen LogP contribution in [0.3, 0.4) is 0 Å². The highest BCUT2D eigenvalue weighted by Crippen LogP contribution is 2.29. The third-order valence-electron chi connectivity index (χ3n) is 2.91. The lowest BCUT2D eigenvalue weighted by molar-refractivity contribution is 0.0597. The molecule has 0 saturated heterocycles. The molecule has 0 spiro atoms. The van der Waals surface area contributed by atoms with Crippen molar-refractivity contribution in [3.63, 3.8) is 0 Å². The van der Waals surface area contributed by atoms with E-state index in [1.165, 1.54) is 31.4 Å². The molecular formula is C15H13FO3. The van der Waals surface area contributed by atoms with Crippen molar-refractivity contribution in [1.29, 1.82) is 0 Å². The summed E-state index contributed by atoms with van der Waals surface area (Å²) in [6, 6.07) is 8.94. The lowest BCUT2D eigenvalue weighted by Gasteiger charge is -2.09. The Morgan fingerprint density at radius 3 is 2.63 bits per heavy atom. The molecule has 19 heavy (non-hydrogen) atoms. The second-order valence-electron chi connectivity index (χ2n) is 4.18. The number of hydrogen-bond donors (Lipinski definition) is 1. The molecular weight excluding hydrogens is 247 g/mol. The molecule has 0 aliphatic heterocycles. The third-order valence-corrected chi connectivity index (χ3v) is 2.91. The predicted molar refractivity (Wildman–Crippen MR) is 69.6 cm³/mol. The fourth-order valence-electron chi connectivity index (χ4n) is 1.88. The maximum atomic E-state index is 13.3. The van der Waals surface area contributed by atoms with Crippen LogP contribution in [0.15, 0.2) is 36.4 Å². The first-order valence-corrected chi connectivity index (χ1v) is 5.71. The van der Waals surface area contributed by atoms with E-state index in [0.29, 0.717) is 11.1 Å². The van der Waals surface area contributed by atoms with Crippen molar-refractivity contribution in [2.24, 2.45) is 0 Å². The highest BCUT2D eigenvalue weighted by Gasteiger charge is 2.13. The molecule has 98 valence electrons. The summed E-state index contributed by atoms with van der Waals surface area (Å²) in [5.74, 6) is -1.15. The van der Waals surface area contributed by atoms with E-state index in [2.05, 4.69) is 4.74 Å². The summed E-state index contributed by atoms with van der Waals surface area (Å²) in [5, 5.41) is 9.63. The fourth-order valence-corrected chi connectivity index (χ4v) is 1.88. The Hall–Kier alpha value is -2.36. The van der Waals surface area contributed by atoms with E-state index in [9.17, 15) is 14.3 Å². The molecule has 0 amide bonds. The molecule has 1 N–H and O–H groups in total. The van der Waals surface area contributed by atoms with Crippen LogP contribution in [0.1, 0.15) is 15.9 Å². The molecule has 0 heterocycles. The number of carbonyl (C=O) groups excluding carboxylic acids is 1. The van der Waals surface area contributed by atoms with Crippen molar-refractivity contribution in [3.8, 4) is 16.9 Å². The number of ether oxygens (including phenoxy) is 1. The van der Waals surface area contributed by atoms with Crippen LogP contribution < -0.4 is 0 Å². The molecule has 0 unspecified atom stereocenters. The highest BCUT2D eigenvalue weighted by molar-refractivity contribution is 5.94. The first-order valence-electron chi connectivity index (χ1n) is 5.71. The van der Waals surface area contributed by atoms with Crippen molar-refractivity contribution < 1.29 is 19.0 Å². The van der Waals surface area contributed by atoms with Crippen LogP contribution in [0.25, 0.3) is 11.1 Å². The smallest absolute Gasteiger partial charge is 0.341 e. The second-order valence-corrected chi connectivity index (χ2v) is 4.18.